The third-order valence-electron chi connectivity index (χ3n) is 3.83. The molecule has 0 aromatic heterocycles. The summed E-state index contributed by atoms with van der Waals surface area (Å²) in [5.74, 6) is -0.0190. The second kappa shape index (κ2) is 5.23. The minimum absolute atomic E-state index is 0.0190. The Morgan fingerprint density at radius 3 is 2.48 bits per heavy atom. The zero-order valence-corrected chi connectivity index (χ0v) is 12.0. The fourth-order valence-electron chi connectivity index (χ4n) is 2.44. The minimum atomic E-state index is -0.460. The number of hydrogen-bond acceptors (Lipinski definition) is 2. The van der Waals surface area contributed by atoms with E-state index in [4.69, 9.17) is 16.9 Å². The zero-order valence-electron chi connectivity index (χ0n) is 11.3. The molecule has 1 aliphatic carbocycles. The average molecular weight is 297 g/mol. The maximum absolute atomic E-state index is 12.5. The molecular formula is C17H13ClN2O. The van der Waals surface area contributed by atoms with E-state index in [2.05, 4.69) is 11.4 Å². The van der Waals surface area contributed by atoms with Gasteiger partial charge in [0.2, 0.25) is 5.91 Å². The van der Waals surface area contributed by atoms with Crippen LogP contribution in [0.1, 0.15) is 24.0 Å². The molecule has 0 unspecified atom stereocenters. The number of rotatable bonds is 3. The average Bonchev–Trinajstić information content (AvgIpc) is 3.30. The van der Waals surface area contributed by atoms with Crippen LogP contribution in [0.5, 0.6) is 0 Å². The van der Waals surface area contributed by atoms with Gasteiger partial charge in [-0.05, 0) is 54.8 Å². The SMILES string of the molecule is N#Cc1ccc(NC(=O)C2(c3cccc(Cl)c3)CC2)cc1. The van der Waals surface area contributed by atoms with Crippen molar-refractivity contribution in [1.29, 1.82) is 5.26 Å². The van der Waals surface area contributed by atoms with E-state index in [1.807, 2.05) is 18.2 Å². The molecule has 1 aliphatic rings. The molecule has 1 fully saturated rings. The smallest absolute Gasteiger partial charge is 0.235 e. The third-order valence-corrected chi connectivity index (χ3v) is 4.07. The standard InChI is InChI=1S/C17H13ClN2O/c18-14-3-1-2-13(10-14)17(8-9-17)16(21)20-15-6-4-12(11-19)5-7-15/h1-7,10H,8-9H2,(H,20,21). The van der Waals surface area contributed by atoms with Gasteiger partial charge < -0.3 is 5.32 Å². The summed E-state index contributed by atoms with van der Waals surface area (Å²) in [6, 6.07) is 16.4. The van der Waals surface area contributed by atoms with Crippen LogP contribution in [0.2, 0.25) is 5.02 Å². The number of amides is 1. The van der Waals surface area contributed by atoms with Gasteiger partial charge in [-0.15, -0.1) is 0 Å². The van der Waals surface area contributed by atoms with Crippen LogP contribution in [0, 0.1) is 11.3 Å². The first kappa shape index (κ1) is 13.7. The molecule has 1 saturated carbocycles. The highest BCUT2D eigenvalue weighted by atomic mass is 35.5. The molecule has 3 rings (SSSR count). The molecule has 1 amide bonds. The monoisotopic (exact) mass is 296 g/mol. The molecule has 104 valence electrons. The number of nitriles is 1. The molecule has 0 heterocycles. The van der Waals surface area contributed by atoms with Crippen molar-refractivity contribution < 1.29 is 4.79 Å². The van der Waals surface area contributed by atoms with Crippen LogP contribution in [0.4, 0.5) is 5.69 Å². The van der Waals surface area contributed by atoms with E-state index in [1.165, 1.54) is 0 Å². The van der Waals surface area contributed by atoms with Crippen LogP contribution in [0.15, 0.2) is 48.5 Å². The Hall–Kier alpha value is -2.31. The van der Waals surface area contributed by atoms with Gasteiger partial charge in [0.15, 0.2) is 0 Å². The predicted octanol–water partition coefficient (Wildman–Crippen LogP) is 3.88. The summed E-state index contributed by atoms with van der Waals surface area (Å²) in [4.78, 5) is 12.5. The van der Waals surface area contributed by atoms with Crippen LogP contribution in [0.25, 0.3) is 0 Å². The molecule has 2 aromatic rings. The maximum atomic E-state index is 12.5. The van der Waals surface area contributed by atoms with E-state index in [9.17, 15) is 4.79 Å². The summed E-state index contributed by atoms with van der Waals surface area (Å²) in [6.45, 7) is 0. The van der Waals surface area contributed by atoms with E-state index in [-0.39, 0.29) is 5.91 Å². The molecule has 0 radical (unpaired) electrons. The van der Waals surface area contributed by atoms with Crippen LogP contribution < -0.4 is 5.32 Å². The second-order valence-corrected chi connectivity index (χ2v) is 5.67. The van der Waals surface area contributed by atoms with E-state index in [0.29, 0.717) is 16.3 Å². The van der Waals surface area contributed by atoms with Gasteiger partial charge in [0.25, 0.3) is 0 Å². The van der Waals surface area contributed by atoms with E-state index < -0.39 is 5.41 Å². The van der Waals surface area contributed by atoms with Crippen molar-refractivity contribution in [3.05, 3.63) is 64.7 Å². The third kappa shape index (κ3) is 2.63. The molecule has 3 nitrogen and oxygen atoms in total. The number of nitrogens with zero attached hydrogens (tertiary/aromatic N) is 1. The van der Waals surface area contributed by atoms with Gasteiger partial charge in [-0.25, -0.2) is 0 Å². The van der Waals surface area contributed by atoms with Crippen LogP contribution in [-0.2, 0) is 10.2 Å². The van der Waals surface area contributed by atoms with Gasteiger partial charge in [0, 0.05) is 10.7 Å². The van der Waals surface area contributed by atoms with Crippen LogP contribution >= 0.6 is 11.6 Å². The second-order valence-electron chi connectivity index (χ2n) is 5.24. The summed E-state index contributed by atoms with van der Waals surface area (Å²) in [5, 5.41) is 12.3. The number of carbonyl (C=O) groups excluding carboxylic acids is 1. The number of halogens is 1. The number of carbonyl (C=O) groups is 1. The molecule has 0 saturated heterocycles. The Kier molecular flexibility index (Phi) is 3.40. The lowest BCUT2D eigenvalue weighted by Crippen LogP contribution is -2.27. The Morgan fingerprint density at radius 1 is 1.19 bits per heavy atom. The van der Waals surface area contributed by atoms with Crippen molar-refractivity contribution in [2.75, 3.05) is 5.32 Å². The molecule has 1 N–H and O–H groups in total. The molecule has 0 aliphatic heterocycles. The summed E-state index contributed by atoms with van der Waals surface area (Å²) in [6.07, 6.45) is 1.66. The van der Waals surface area contributed by atoms with Crippen LogP contribution in [-0.4, -0.2) is 5.91 Å². The number of hydrogen-bond donors (Lipinski definition) is 1. The summed E-state index contributed by atoms with van der Waals surface area (Å²) in [5.41, 5.74) is 1.77. The van der Waals surface area contributed by atoms with Crippen molar-refractivity contribution in [2.45, 2.75) is 18.3 Å². The molecule has 2 aromatic carbocycles. The van der Waals surface area contributed by atoms with Gasteiger partial charge in [0.1, 0.15) is 0 Å². The van der Waals surface area contributed by atoms with Crippen molar-refractivity contribution in [3.8, 4) is 6.07 Å². The summed E-state index contributed by atoms with van der Waals surface area (Å²) in [7, 11) is 0. The van der Waals surface area contributed by atoms with Gasteiger partial charge >= 0.3 is 0 Å². The van der Waals surface area contributed by atoms with Crippen molar-refractivity contribution >= 4 is 23.2 Å². The number of anilines is 1. The molecular weight excluding hydrogens is 284 g/mol. The first-order chi connectivity index (χ1) is 10.1. The van der Waals surface area contributed by atoms with Crippen molar-refractivity contribution in [3.63, 3.8) is 0 Å². The predicted molar refractivity (Wildman–Crippen MR) is 82.2 cm³/mol. The molecule has 4 heteroatoms. The molecule has 0 spiro atoms. The quantitative estimate of drug-likeness (QED) is 0.934. The topological polar surface area (TPSA) is 52.9 Å². The van der Waals surface area contributed by atoms with Gasteiger partial charge in [-0.1, -0.05) is 23.7 Å². The van der Waals surface area contributed by atoms with Crippen molar-refractivity contribution in [2.24, 2.45) is 0 Å². The number of benzene rings is 2. The molecule has 21 heavy (non-hydrogen) atoms. The van der Waals surface area contributed by atoms with Gasteiger partial charge in [0.05, 0.1) is 17.0 Å². The summed E-state index contributed by atoms with van der Waals surface area (Å²) >= 11 is 6.01. The lowest BCUT2D eigenvalue weighted by Gasteiger charge is -2.16. The van der Waals surface area contributed by atoms with E-state index >= 15 is 0 Å². The van der Waals surface area contributed by atoms with Crippen LogP contribution in [0.3, 0.4) is 0 Å². The lowest BCUT2D eigenvalue weighted by molar-refractivity contribution is -0.118. The van der Waals surface area contributed by atoms with Crippen molar-refractivity contribution in [1.82, 2.24) is 0 Å². The largest absolute Gasteiger partial charge is 0.325 e. The molecule has 0 bridgehead atoms. The first-order valence-electron chi connectivity index (χ1n) is 6.72. The Bertz CT molecular complexity index is 727. The molecule has 0 atom stereocenters. The highest BCUT2D eigenvalue weighted by molar-refractivity contribution is 6.30. The fourth-order valence-corrected chi connectivity index (χ4v) is 2.63. The highest BCUT2D eigenvalue weighted by Crippen LogP contribution is 2.49. The van der Waals surface area contributed by atoms with E-state index in [1.54, 1.807) is 30.3 Å². The Balaban J connectivity index is 1.80. The number of nitrogens with one attached hydrogen (secondary N) is 1. The Morgan fingerprint density at radius 2 is 1.90 bits per heavy atom. The normalized spacial score (nSPS) is 15.0. The fraction of sp³-hybridized carbons (Fsp3) is 0.176. The Labute approximate surface area is 128 Å². The summed E-state index contributed by atoms with van der Waals surface area (Å²) < 4.78 is 0. The maximum Gasteiger partial charge on any atom is 0.235 e. The van der Waals surface area contributed by atoms with E-state index in [0.717, 1.165) is 18.4 Å². The lowest BCUT2D eigenvalue weighted by atomic mass is 9.95. The highest BCUT2D eigenvalue weighted by Gasteiger charge is 2.51. The zero-order chi connectivity index (χ0) is 14.9. The van der Waals surface area contributed by atoms with Gasteiger partial charge in [-0.2, -0.15) is 5.26 Å². The first-order valence-corrected chi connectivity index (χ1v) is 7.09. The minimum Gasteiger partial charge on any atom is -0.325 e. The van der Waals surface area contributed by atoms with Gasteiger partial charge in [-0.3, -0.25) is 4.79 Å².